The van der Waals surface area contributed by atoms with E-state index in [1.165, 1.54) is 4.90 Å². The number of guanidine groups is 1. The summed E-state index contributed by atoms with van der Waals surface area (Å²) in [6.45, 7) is 11.3. The van der Waals surface area contributed by atoms with Gasteiger partial charge in [-0.1, -0.05) is 20.4 Å². The van der Waals surface area contributed by atoms with Crippen LogP contribution in [0.4, 0.5) is 4.79 Å². The molecular weight excluding hydrogens is 220 g/mol. The highest BCUT2D eigenvalue weighted by atomic mass is 16.2. The second-order valence-corrected chi connectivity index (χ2v) is 3.97. The molecule has 1 aliphatic heterocycles. The largest absolute Gasteiger partial charge is 0.330 e. The fourth-order valence-corrected chi connectivity index (χ4v) is 1.19. The molecule has 0 spiro atoms. The Labute approximate surface area is 100 Å². The van der Waals surface area contributed by atoms with Crippen molar-refractivity contribution < 1.29 is 9.59 Å². The second kappa shape index (κ2) is 5.38. The average Bonchev–Trinajstić information content (AvgIpc) is 2.26. The van der Waals surface area contributed by atoms with Crippen LogP contribution < -0.4 is 5.32 Å². The molecule has 3 amide bonds. The predicted octanol–water partition coefficient (Wildman–Crippen LogP) is 1.15. The highest BCUT2D eigenvalue weighted by Crippen LogP contribution is 2.11. The van der Waals surface area contributed by atoms with Crippen molar-refractivity contribution in [1.29, 1.82) is 0 Å². The molecule has 0 aromatic heterocycles. The molecule has 0 aromatic carbocycles. The van der Waals surface area contributed by atoms with Crippen LogP contribution in [0.25, 0.3) is 0 Å². The second-order valence-electron chi connectivity index (χ2n) is 3.97. The van der Waals surface area contributed by atoms with Crippen LogP contribution in [0.5, 0.6) is 0 Å². The molecule has 1 rings (SSSR count). The Kier molecular flexibility index (Phi) is 4.14. The third kappa shape index (κ3) is 3.24. The van der Waals surface area contributed by atoms with Crippen LogP contribution in [0.2, 0.25) is 0 Å². The number of nitrogens with one attached hydrogen (secondary N) is 1. The van der Waals surface area contributed by atoms with Crippen molar-refractivity contribution in [3.63, 3.8) is 0 Å². The molecular formula is C11H16N4O2. The molecule has 1 heterocycles. The molecule has 0 bridgehead atoms. The number of carbonyl (C=O) groups excluding carboxylic acids is 2. The van der Waals surface area contributed by atoms with E-state index < -0.39 is 6.03 Å². The third-order valence-corrected chi connectivity index (χ3v) is 2.35. The summed E-state index contributed by atoms with van der Waals surface area (Å²) in [6, 6.07) is -0.524. The van der Waals surface area contributed by atoms with Crippen LogP contribution in [0, 0.1) is 5.92 Å². The molecule has 1 saturated heterocycles. The SMILES string of the molecule is C=NC(=NC(=C)C(C)C)N1CCC(=O)NC1=O. The Morgan fingerprint density at radius 3 is 2.59 bits per heavy atom. The van der Waals surface area contributed by atoms with Crippen LogP contribution >= 0.6 is 0 Å². The summed E-state index contributed by atoms with van der Waals surface area (Å²) >= 11 is 0. The molecule has 0 radical (unpaired) electrons. The summed E-state index contributed by atoms with van der Waals surface area (Å²) in [5.41, 5.74) is 0.608. The van der Waals surface area contributed by atoms with Crippen LogP contribution in [0.3, 0.4) is 0 Å². The van der Waals surface area contributed by atoms with Gasteiger partial charge in [0.05, 0.1) is 0 Å². The summed E-state index contributed by atoms with van der Waals surface area (Å²) < 4.78 is 0. The van der Waals surface area contributed by atoms with Crippen molar-refractivity contribution in [1.82, 2.24) is 10.2 Å². The van der Waals surface area contributed by atoms with E-state index in [0.29, 0.717) is 5.70 Å². The standard InChI is InChI=1S/C11H16N4O2/c1-7(2)8(3)13-10(12-4)15-6-5-9(16)14-11(15)17/h7H,3-6H2,1-2H3,(H,14,16,17). The zero-order chi connectivity index (χ0) is 13.0. The minimum atomic E-state index is -0.524. The van der Waals surface area contributed by atoms with Gasteiger partial charge >= 0.3 is 6.03 Å². The first-order valence-electron chi connectivity index (χ1n) is 5.31. The highest BCUT2D eigenvalue weighted by Gasteiger charge is 2.26. The maximum absolute atomic E-state index is 11.6. The van der Waals surface area contributed by atoms with Crippen molar-refractivity contribution in [3.05, 3.63) is 12.3 Å². The van der Waals surface area contributed by atoms with Crippen molar-refractivity contribution in [2.24, 2.45) is 15.9 Å². The Morgan fingerprint density at radius 1 is 1.47 bits per heavy atom. The first kappa shape index (κ1) is 13.1. The third-order valence-electron chi connectivity index (χ3n) is 2.35. The zero-order valence-electron chi connectivity index (χ0n) is 10.1. The van der Waals surface area contributed by atoms with E-state index in [-0.39, 0.29) is 30.8 Å². The van der Waals surface area contributed by atoms with Crippen molar-refractivity contribution in [2.45, 2.75) is 20.3 Å². The lowest BCUT2D eigenvalue weighted by molar-refractivity contribution is -0.121. The van der Waals surface area contributed by atoms with Gasteiger partial charge in [0.1, 0.15) is 0 Å². The summed E-state index contributed by atoms with van der Waals surface area (Å²) in [5, 5.41) is 2.20. The van der Waals surface area contributed by atoms with E-state index >= 15 is 0 Å². The van der Waals surface area contributed by atoms with E-state index in [2.05, 4.69) is 28.6 Å². The minimum absolute atomic E-state index is 0.154. The van der Waals surface area contributed by atoms with Crippen molar-refractivity contribution in [2.75, 3.05) is 6.54 Å². The smallest absolute Gasteiger partial charge is 0.278 e. The van der Waals surface area contributed by atoms with Crippen molar-refractivity contribution >= 4 is 24.6 Å². The number of urea groups is 1. The summed E-state index contributed by atoms with van der Waals surface area (Å²) in [5.74, 6) is 0.0345. The van der Waals surface area contributed by atoms with E-state index in [9.17, 15) is 9.59 Å². The van der Waals surface area contributed by atoms with E-state index in [1.807, 2.05) is 13.8 Å². The van der Waals surface area contributed by atoms with Crippen LogP contribution in [-0.2, 0) is 4.79 Å². The maximum atomic E-state index is 11.6. The van der Waals surface area contributed by atoms with E-state index in [4.69, 9.17) is 0 Å². The Bertz CT molecular complexity index is 398. The van der Waals surface area contributed by atoms with Gasteiger partial charge in [-0.2, -0.15) is 0 Å². The lowest BCUT2D eigenvalue weighted by Gasteiger charge is -2.25. The maximum Gasteiger partial charge on any atom is 0.330 e. The molecule has 1 aliphatic rings. The number of hydrogen-bond acceptors (Lipinski definition) is 3. The number of carbonyl (C=O) groups is 2. The van der Waals surface area contributed by atoms with Gasteiger partial charge < -0.3 is 0 Å². The molecule has 6 nitrogen and oxygen atoms in total. The van der Waals surface area contributed by atoms with Gasteiger partial charge in [0.15, 0.2) is 0 Å². The van der Waals surface area contributed by atoms with Crippen LogP contribution in [-0.4, -0.2) is 36.1 Å². The van der Waals surface area contributed by atoms with Crippen molar-refractivity contribution in [3.8, 4) is 0 Å². The van der Waals surface area contributed by atoms with Gasteiger partial charge in [0.2, 0.25) is 11.9 Å². The number of amides is 3. The van der Waals surface area contributed by atoms with Gasteiger partial charge in [-0.15, -0.1) is 0 Å². The summed E-state index contributed by atoms with van der Waals surface area (Å²) in [6.07, 6.45) is 0.231. The number of allylic oxidation sites excluding steroid dienone is 1. The fourth-order valence-electron chi connectivity index (χ4n) is 1.19. The zero-order valence-corrected chi connectivity index (χ0v) is 10.1. The first-order chi connectivity index (χ1) is 7.95. The quantitative estimate of drug-likeness (QED) is 0.577. The number of rotatable bonds is 2. The molecule has 6 heteroatoms. The Morgan fingerprint density at radius 2 is 2.12 bits per heavy atom. The molecule has 0 unspecified atom stereocenters. The summed E-state index contributed by atoms with van der Waals surface area (Å²) in [7, 11) is 0. The normalized spacial score (nSPS) is 17.1. The molecule has 92 valence electrons. The molecule has 1 N–H and O–H groups in total. The number of imide groups is 1. The fraction of sp³-hybridized carbons (Fsp3) is 0.455. The molecule has 0 aliphatic carbocycles. The predicted molar refractivity (Wildman–Crippen MR) is 65.8 cm³/mol. The van der Waals surface area contributed by atoms with Gasteiger partial charge in [-0.3, -0.25) is 15.0 Å². The number of hydrogen-bond donors (Lipinski definition) is 1. The minimum Gasteiger partial charge on any atom is -0.278 e. The van der Waals surface area contributed by atoms with Gasteiger partial charge in [0.25, 0.3) is 0 Å². The molecule has 0 atom stereocenters. The summed E-state index contributed by atoms with van der Waals surface area (Å²) in [4.78, 5) is 31.7. The van der Waals surface area contributed by atoms with E-state index in [1.54, 1.807) is 0 Å². The average molecular weight is 236 g/mol. The Balaban J connectivity index is 2.88. The Hall–Kier alpha value is -1.98. The van der Waals surface area contributed by atoms with Gasteiger partial charge in [0, 0.05) is 18.7 Å². The molecule has 1 fully saturated rings. The van der Waals surface area contributed by atoms with Gasteiger partial charge in [-0.05, 0) is 12.6 Å². The van der Waals surface area contributed by atoms with Crippen LogP contribution in [0.15, 0.2) is 22.3 Å². The first-order valence-corrected chi connectivity index (χ1v) is 5.31. The van der Waals surface area contributed by atoms with Gasteiger partial charge in [-0.25, -0.2) is 14.8 Å². The van der Waals surface area contributed by atoms with Crippen LogP contribution in [0.1, 0.15) is 20.3 Å². The lowest BCUT2D eigenvalue weighted by Crippen LogP contribution is -2.51. The topological polar surface area (TPSA) is 74.1 Å². The lowest BCUT2D eigenvalue weighted by atomic mass is 10.2. The monoisotopic (exact) mass is 236 g/mol. The number of nitrogens with zero attached hydrogens (tertiary/aromatic N) is 3. The number of aliphatic imine (C=N–C) groups is 2. The highest BCUT2D eigenvalue weighted by molar-refractivity contribution is 6.06. The molecule has 17 heavy (non-hydrogen) atoms. The van der Waals surface area contributed by atoms with E-state index in [0.717, 1.165) is 0 Å². The molecule has 0 aromatic rings. The molecule has 0 saturated carbocycles.